The van der Waals surface area contributed by atoms with Crippen LogP contribution in [0.3, 0.4) is 0 Å². The molecule has 0 aliphatic carbocycles. The number of nitrogens with one attached hydrogen (secondary N) is 2. The van der Waals surface area contributed by atoms with Gasteiger partial charge in [-0.15, -0.1) is 0 Å². The molecule has 0 bridgehead atoms. The molecule has 1 aliphatic rings. The zero-order chi connectivity index (χ0) is 17.6. The third kappa shape index (κ3) is 4.29. The van der Waals surface area contributed by atoms with Crippen LogP contribution in [0.5, 0.6) is 11.5 Å². The van der Waals surface area contributed by atoms with E-state index in [1.54, 1.807) is 6.07 Å². The standard InChI is InChI=1S/C19H20N2O4/c1-2-14-5-3-4-6-15(14)21-19(23)10-18(22)20-11-13-7-8-16-17(9-13)25-12-24-16/h3-9H,2,10-12H2,1H3,(H,20,22)(H,21,23). The highest BCUT2D eigenvalue weighted by atomic mass is 16.7. The Balaban J connectivity index is 1.49. The van der Waals surface area contributed by atoms with Gasteiger partial charge in [0.1, 0.15) is 6.42 Å². The van der Waals surface area contributed by atoms with Crippen LogP contribution in [0.2, 0.25) is 0 Å². The first-order valence-electron chi connectivity index (χ1n) is 8.18. The second-order valence-electron chi connectivity index (χ2n) is 5.70. The first-order chi connectivity index (χ1) is 12.2. The van der Waals surface area contributed by atoms with E-state index in [1.165, 1.54) is 0 Å². The third-order valence-corrected chi connectivity index (χ3v) is 3.92. The minimum absolute atomic E-state index is 0.213. The number of amides is 2. The number of hydrogen-bond donors (Lipinski definition) is 2. The van der Waals surface area contributed by atoms with Gasteiger partial charge in [0.2, 0.25) is 18.6 Å². The van der Waals surface area contributed by atoms with Crippen molar-refractivity contribution in [1.82, 2.24) is 5.32 Å². The van der Waals surface area contributed by atoms with Crippen molar-refractivity contribution in [2.75, 3.05) is 12.1 Å². The summed E-state index contributed by atoms with van der Waals surface area (Å²) < 4.78 is 10.5. The van der Waals surface area contributed by atoms with Gasteiger partial charge in [0, 0.05) is 12.2 Å². The number of aryl methyl sites for hydroxylation is 1. The smallest absolute Gasteiger partial charge is 0.233 e. The lowest BCUT2D eigenvalue weighted by molar-refractivity contribution is -0.126. The molecule has 2 aromatic rings. The van der Waals surface area contributed by atoms with Gasteiger partial charge in [0.05, 0.1) is 0 Å². The summed E-state index contributed by atoms with van der Waals surface area (Å²) in [6, 6.07) is 13.0. The topological polar surface area (TPSA) is 76.7 Å². The Morgan fingerprint density at radius 2 is 1.84 bits per heavy atom. The van der Waals surface area contributed by atoms with Gasteiger partial charge in [-0.05, 0) is 35.7 Å². The highest BCUT2D eigenvalue weighted by molar-refractivity contribution is 6.03. The molecular formula is C19H20N2O4. The normalized spacial score (nSPS) is 11.9. The highest BCUT2D eigenvalue weighted by Crippen LogP contribution is 2.32. The van der Waals surface area contributed by atoms with Crippen LogP contribution < -0.4 is 20.1 Å². The SMILES string of the molecule is CCc1ccccc1NC(=O)CC(=O)NCc1ccc2c(c1)OCO2. The zero-order valence-electron chi connectivity index (χ0n) is 14.0. The lowest BCUT2D eigenvalue weighted by atomic mass is 10.1. The van der Waals surface area contributed by atoms with Crippen LogP contribution in [0.25, 0.3) is 0 Å². The Bertz CT molecular complexity index is 789. The van der Waals surface area contributed by atoms with Gasteiger partial charge in [0.25, 0.3) is 0 Å². The van der Waals surface area contributed by atoms with Gasteiger partial charge in [0.15, 0.2) is 11.5 Å². The maximum Gasteiger partial charge on any atom is 0.233 e. The van der Waals surface area contributed by atoms with E-state index >= 15 is 0 Å². The van der Waals surface area contributed by atoms with Gasteiger partial charge in [-0.25, -0.2) is 0 Å². The molecule has 0 saturated carbocycles. The van der Waals surface area contributed by atoms with Crippen molar-refractivity contribution in [3.63, 3.8) is 0 Å². The average Bonchev–Trinajstić information content (AvgIpc) is 3.08. The van der Waals surface area contributed by atoms with Crippen molar-refractivity contribution < 1.29 is 19.1 Å². The van der Waals surface area contributed by atoms with Crippen molar-refractivity contribution in [3.05, 3.63) is 53.6 Å². The summed E-state index contributed by atoms with van der Waals surface area (Å²) in [5, 5.41) is 5.53. The molecule has 2 aromatic carbocycles. The van der Waals surface area contributed by atoms with E-state index in [1.807, 2.05) is 43.3 Å². The molecule has 130 valence electrons. The highest BCUT2D eigenvalue weighted by Gasteiger charge is 2.14. The first-order valence-corrected chi connectivity index (χ1v) is 8.18. The lowest BCUT2D eigenvalue weighted by Crippen LogP contribution is -2.27. The third-order valence-electron chi connectivity index (χ3n) is 3.92. The summed E-state index contributed by atoms with van der Waals surface area (Å²) in [7, 11) is 0. The Hall–Kier alpha value is -3.02. The van der Waals surface area contributed by atoms with Gasteiger partial charge in [-0.3, -0.25) is 9.59 Å². The van der Waals surface area contributed by atoms with Gasteiger partial charge in [-0.1, -0.05) is 31.2 Å². The molecule has 0 spiro atoms. The van der Waals surface area contributed by atoms with Crippen LogP contribution in [0.4, 0.5) is 5.69 Å². The molecular weight excluding hydrogens is 320 g/mol. The van der Waals surface area contributed by atoms with Crippen LogP contribution in [0.15, 0.2) is 42.5 Å². The van der Waals surface area contributed by atoms with E-state index in [2.05, 4.69) is 10.6 Å². The number of rotatable bonds is 6. The molecule has 0 unspecified atom stereocenters. The fraction of sp³-hybridized carbons (Fsp3) is 0.263. The van der Waals surface area contributed by atoms with Crippen molar-refractivity contribution in [1.29, 1.82) is 0 Å². The number of benzene rings is 2. The molecule has 0 fully saturated rings. The molecule has 6 heteroatoms. The molecule has 0 aromatic heterocycles. The predicted molar refractivity (Wildman–Crippen MR) is 93.5 cm³/mol. The van der Waals surface area contributed by atoms with Crippen LogP contribution in [-0.2, 0) is 22.6 Å². The average molecular weight is 340 g/mol. The predicted octanol–water partition coefficient (Wildman–Crippen LogP) is 2.62. The minimum atomic E-state index is -0.330. The Morgan fingerprint density at radius 1 is 1.04 bits per heavy atom. The molecule has 0 radical (unpaired) electrons. The fourth-order valence-electron chi connectivity index (χ4n) is 2.60. The first kappa shape index (κ1) is 16.8. The van der Waals surface area contributed by atoms with E-state index in [0.29, 0.717) is 18.0 Å². The van der Waals surface area contributed by atoms with Crippen molar-refractivity contribution >= 4 is 17.5 Å². The van der Waals surface area contributed by atoms with E-state index in [-0.39, 0.29) is 25.0 Å². The summed E-state index contributed by atoms with van der Waals surface area (Å²) in [6.07, 6.45) is 0.593. The summed E-state index contributed by atoms with van der Waals surface area (Å²) in [5.41, 5.74) is 2.67. The van der Waals surface area contributed by atoms with Crippen molar-refractivity contribution in [2.24, 2.45) is 0 Å². The number of carbonyl (C=O) groups excluding carboxylic acids is 2. The quantitative estimate of drug-likeness (QED) is 0.793. The van der Waals surface area contributed by atoms with E-state index < -0.39 is 0 Å². The molecule has 2 amide bonds. The molecule has 1 heterocycles. The van der Waals surface area contributed by atoms with Gasteiger partial charge < -0.3 is 20.1 Å². The zero-order valence-corrected chi connectivity index (χ0v) is 14.0. The Morgan fingerprint density at radius 3 is 2.68 bits per heavy atom. The van der Waals surface area contributed by atoms with E-state index in [0.717, 1.165) is 23.2 Å². The monoisotopic (exact) mass is 340 g/mol. The molecule has 6 nitrogen and oxygen atoms in total. The van der Waals surface area contributed by atoms with Crippen LogP contribution in [0.1, 0.15) is 24.5 Å². The number of hydrogen-bond acceptors (Lipinski definition) is 4. The Kier molecular flexibility index (Phi) is 5.18. The van der Waals surface area contributed by atoms with Crippen molar-refractivity contribution in [2.45, 2.75) is 26.3 Å². The maximum absolute atomic E-state index is 12.0. The number of para-hydroxylation sites is 1. The largest absolute Gasteiger partial charge is 0.454 e. The number of carbonyl (C=O) groups is 2. The van der Waals surface area contributed by atoms with Gasteiger partial charge in [-0.2, -0.15) is 0 Å². The Labute approximate surface area is 146 Å². The van der Waals surface area contributed by atoms with Crippen LogP contribution in [0, 0.1) is 0 Å². The van der Waals surface area contributed by atoms with E-state index in [4.69, 9.17) is 9.47 Å². The summed E-state index contributed by atoms with van der Waals surface area (Å²) in [6.45, 7) is 2.56. The molecule has 0 saturated heterocycles. The summed E-state index contributed by atoms with van der Waals surface area (Å²) in [4.78, 5) is 24.0. The van der Waals surface area contributed by atoms with Gasteiger partial charge >= 0.3 is 0 Å². The molecule has 25 heavy (non-hydrogen) atoms. The maximum atomic E-state index is 12.0. The summed E-state index contributed by atoms with van der Waals surface area (Å²) >= 11 is 0. The second-order valence-corrected chi connectivity index (χ2v) is 5.70. The number of anilines is 1. The summed E-state index contributed by atoms with van der Waals surface area (Å²) in [5.74, 6) is 0.706. The van der Waals surface area contributed by atoms with Crippen LogP contribution in [-0.4, -0.2) is 18.6 Å². The van der Waals surface area contributed by atoms with E-state index in [9.17, 15) is 9.59 Å². The molecule has 3 rings (SSSR count). The van der Waals surface area contributed by atoms with Crippen molar-refractivity contribution in [3.8, 4) is 11.5 Å². The minimum Gasteiger partial charge on any atom is -0.454 e. The number of ether oxygens (including phenoxy) is 2. The second kappa shape index (κ2) is 7.70. The molecule has 0 atom stereocenters. The van der Waals surface area contributed by atoms with Crippen LogP contribution >= 0.6 is 0 Å². The lowest BCUT2D eigenvalue weighted by Gasteiger charge is -2.10. The fourth-order valence-corrected chi connectivity index (χ4v) is 2.60. The molecule has 2 N–H and O–H groups in total. The number of fused-ring (bicyclic) bond motifs is 1. The molecule has 1 aliphatic heterocycles.